The average molecular weight is 339 g/mol. The monoisotopic (exact) mass is 339 g/mol. The van der Waals surface area contributed by atoms with Crippen LogP contribution in [0, 0.1) is 5.92 Å². The Labute approximate surface area is 141 Å². The number of hydrogen-bond donors (Lipinski definition) is 3. The third-order valence-corrected chi connectivity index (χ3v) is 3.22. The van der Waals surface area contributed by atoms with Crippen LogP contribution in [0.15, 0.2) is 29.7 Å². The minimum atomic E-state index is -1.25. The van der Waals surface area contributed by atoms with Gasteiger partial charge in [0.2, 0.25) is 0 Å². The topological polar surface area (TPSA) is 113 Å². The molecule has 0 bridgehead atoms. The fourth-order valence-electron chi connectivity index (χ4n) is 2.06. The van der Waals surface area contributed by atoms with Crippen molar-refractivity contribution in [3.63, 3.8) is 0 Å². The third kappa shape index (κ3) is 6.23. The zero-order chi connectivity index (χ0) is 18.1. The maximum Gasteiger partial charge on any atom is 0.265 e. The summed E-state index contributed by atoms with van der Waals surface area (Å²) in [5, 5.41) is 26.1. The van der Waals surface area contributed by atoms with Gasteiger partial charge in [0.05, 0.1) is 18.0 Å². The molecule has 0 aromatic carbocycles. The molecule has 0 fully saturated rings. The standard InChI is InChI=1S/C16H25N3O5/c1-10(2)16(23-4)14(15(22)11(3)20)19-24-9-13(21)18-12-6-5-7-17-8-12/h5-8,10-11,15-16,20,22H,9H2,1-4H3,(H,18,21)/b19-14+/t11-,15+,16+/m1/s1. The average Bonchev–Trinajstić information content (AvgIpc) is 2.53. The van der Waals surface area contributed by atoms with Gasteiger partial charge in [-0.05, 0) is 25.0 Å². The van der Waals surface area contributed by atoms with Crippen LogP contribution >= 0.6 is 0 Å². The Morgan fingerprint density at radius 3 is 2.58 bits per heavy atom. The first kappa shape index (κ1) is 20.0. The molecule has 0 aliphatic carbocycles. The van der Waals surface area contributed by atoms with Gasteiger partial charge in [-0.25, -0.2) is 0 Å². The molecule has 0 aliphatic rings. The molecular weight excluding hydrogens is 314 g/mol. The lowest BCUT2D eigenvalue weighted by Gasteiger charge is -2.25. The molecule has 3 N–H and O–H groups in total. The highest BCUT2D eigenvalue weighted by Crippen LogP contribution is 2.13. The Bertz CT molecular complexity index is 534. The zero-order valence-corrected chi connectivity index (χ0v) is 14.3. The van der Waals surface area contributed by atoms with Crippen molar-refractivity contribution in [1.29, 1.82) is 0 Å². The second-order valence-corrected chi connectivity index (χ2v) is 5.67. The number of hydrogen-bond acceptors (Lipinski definition) is 7. The first-order valence-corrected chi connectivity index (χ1v) is 7.65. The van der Waals surface area contributed by atoms with E-state index in [4.69, 9.17) is 9.57 Å². The molecule has 0 radical (unpaired) electrons. The largest absolute Gasteiger partial charge is 0.390 e. The van der Waals surface area contributed by atoms with E-state index in [-0.39, 0.29) is 18.2 Å². The number of nitrogens with zero attached hydrogens (tertiary/aromatic N) is 2. The molecule has 1 heterocycles. The van der Waals surface area contributed by atoms with E-state index >= 15 is 0 Å². The molecule has 8 nitrogen and oxygen atoms in total. The van der Waals surface area contributed by atoms with E-state index in [9.17, 15) is 15.0 Å². The molecule has 1 aromatic rings. The fraction of sp³-hybridized carbons (Fsp3) is 0.562. The lowest BCUT2D eigenvalue weighted by atomic mass is 9.96. The Hall–Kier alpha value is -2.03. The maximum atomic E-state index is 11.8. The van der Waals surface area contributed by atoms with Gasteiger partial charge in [0, 0.05) is 13.3 Å². The van der Waals surface area contributed by atoms with Gasteiger partial charge in [-0.3, -0.25) is 9.78 Å². The van der Waals surface area contributed by atoms with Crippen LogP contribution in [0.1, 0.15) is 20.8 Å². The van der Waals surface area contributed by atoms with Crippen LogP contribution in [-0.2, 0) is 14.4 Å². The van der Waals surface area contributed by atoms with Crippen LogP contribution in [-0.4, -0.2) is 58.8 Å². The van der Waals surface area contributed by atoms with Crippen LogP contribution in [0.4, 0.5) is 5.69 Å². The highest BCUT2D eigenvalue weighted by Gasteiger charge is 2.29. The second-order valence-electron chi connectivity index (χ2n) is 5.67. The number of anilines is 1. The van der Waals surface area contributed by atoms with Crippen LogP contribution < -0.4 is 5.32 Å². The molecule has 0 saturated carbocycles. The predicted molar refractivity (Wildman–Crippen MR) is 89.6 cm³/mol. The summed E-state index contributed by atoms with van der Waals surface area (Å²) < 4.78 is 5.31. The number of carbonyl (C=O) groups is 1. The highest BCUT2D eigenvalue weighted by atomic mass is 16.6. The highest BCUT2D eigenvalue weighted by molar-refractivity contribution is 5.93. The Kier molecular flexibility index (Phi) is 8.31. The van der Waals surface area contributed by atoms with Crippen molar-refractivity contribution in [3.8, 4) is 0 Å². The van der Waals surface area contributed by atoms with E-state index in [2.05, 4.69) is 15.5 Å². The smallest absolute Gasteiger partial charge is 0.265 e. The van der Waals surface area contributed by atoms with Crippen LogP contribution in [0.5, 0.6) is 0 Å². The minimum Gasteiger partial charge on any atom is -0.390 e. The normalized spacial score (nSPS) is 15.7. The van der Waals surface area contributed by atoms with Crippen LogP contribution in [0.2, 0.25) is 0 Å². The number of amides is 1. The molecule has 0 saturated heterocycles. The Morgan fingerprint density at radius 1 is 1.38 bits per heavy atom. The quantitative estimate of drug-likeness (QED) is 0.453. The van der Waals surface area contributed by atoms with Gasteiger partial charge in [0.15, 0.2) is 6.61 Å². The van der Waals surface area contributed by atoms with Crippen molar-refractivity contribution in [2.75, 3.05) is 19.0 Å². The SMILES string of the molecule is CO[C@H](/C(=N/OCC(=O)Nc1cccnc1)[C@@H](O)[C@@H](C)O)C(C)C. The Balaban J connectivity index is 2.71. The van der Waals surface area contributed by atoms with Crippen molar-refractivity contribution in [3.05, 3.63) is 24.5 Å². The molecular formula is C16H25N3O5. The summed E-state index contributed by atoms with van der Waals surface area (Å²) >= 11 is 0. The first-order valence-electron chi connectivity index (χ1n) is 7.65. The number of carbonyl (C=O) groups excluding carboxylic acids is 1. The van der Waals surface area contributed by atoms with Crippen molar-refractivity contribution < 1.29 is 24.6 Å². The molecule has 8 heteroatoms. The van der Waals surface area contributed by atoms with E-state index in [0.717, 1.165) is 0 Å². The number of aliphatic hydroxyl groups is 2. The summed E-state index contributed by atoms with van der Waals surface area (Å²) in [5.41, 5.74) is 0.674. The lowest BCUT2D eigenvalue weighted by Crippen LogP contribution is -2.42. The van der Waals surface area contributed by atoms with Crippen molar-refractivity contribution in [1.82, 2.24) is 4.98 Å². The summed E-state index contributed by atoms with van der Waals surface area (Å²) in [5.74, 6) is -0.425. The van der Waals surface area contributed by atoms with Gasteiger partial charge >= 0.3 is 0 Å². The van der Waals surface area contributed by atoms with Crippen LogP contribution in [0.3, 0.4) is 0 Å². The number of aliphatic hydroxyl groups excluding tert-OH is 2. The molecule has 1 amide bonds. The van der Waals surface area contributed by atoms with E-state index in [1.807, 2.05) is 13.8 Å². The van der Waals surface area contributed by atoms with Gasteiger partial charge in [-0.15, -0.1) is 0 Å². The summed E-state index contributed by atoms with van der Waals surface area (Å²) in [6, 6.07) is 3.38. The zero-order valence-electron chi connectivity index (χ0n) is 14.3. The van der Waals surface area contributed by atoms with Gasteiger partial charge in [0.25, 0.3) is 5.91 Å². The number of rotatable bonds is 9. The predicted octanol–water partition coefficient (Wildman–Crippen LogP) is 0.805. The summed E-state index contributed by atoms with van der Waals surface area (Å²) in [6.07, 6.45) is 0.253. The number of pyridine rings is 1. The first-order chi connectivity index (χ1) is 11.4. The molecule has 134 valence electrons. The van der Waals surface area contributed by atoms with E-state index in [1.165, 1.54) is 20.2 Å². The van der Waals surface area contributed by atoms with E-state index in [0.29, 0.717) is 5.69 Å². The minimum absolute atomic E-state index is 0.00466. The van der Waals surface area contributed by atoms with E-state index in [1.54, 1.807) is 18.3 Å². The summed E-state index contributed by atoms with van der Waals surface area (Å²) in [4.78, 5) is 20.7. The lowest BCUT2D eigenvalue weighted by molar-refractivity contribution is -0.120. The third-order valence-electron chi connectivity index (χ3n) is 3.22. The van der Waals surface area contributed by atoms with E-state index < -0.39 is 24.2 Å². The fourth-order valence-corrected chi connectivity index (χ4v) is 2.06. The van der Waals surface area contributed by atoms with Gasteiger partial charge in [0.1, 0.15) is 17.9 Å². The molecule has 24 heavy (non-hydrogen) atoms. The second kappa shape index (κ2) is 9.96. The molecule has 1 aromatic heterocycles. The summed E-state index contributed by atoms with van der Waals surface area (Å²) in [7, 11) is 1.48. The van der Waals surface area contributed by atoms with Crippen molar-refractivity contribution >= 4 is 17.3 Å². The number of methoxy groups -OCH3 is 1. The number of ether oxygens (including phenoxy) is 1. The molecule has 0 aliphatic heterocycles. The van der Waals surface area contributed by atoms with Gasteiger partial charge in [-0.2, -0.15) is 0 Å². The van der Waals surface area contributed by atoms with Gasteiger partial charge in [-0.1, -0.05) is 19.0 Å². The molecule has 1 rings (SSSR count). The van der Waals surface area contributed by atoms with Crippen LogP contribution in [0.25, 0.3) is 0 Å². The number of nitrogens with one attached hydrogen (secondary N) is 1. The molecule has 0 unspecified atom stereocenters. The number of oxime groups is 1. The Morgan fingerprint density at radius 2 is 2.08 bits per heavy atom. The van der Waals surface area contributed by atoms with Crippen molar-refractivity contribution in [2.24, 2.45) is 11.1 Å². The number of aromatic nitrogens is 1. The van der Waals surface area contributed by atoms with Gasteiger partial charge < -0.3 is 25.1 Å². The molecule has 0 spiro atoms. The maximum absolute atomic E-state index is 11.8. The summed E-state index contributed by atoms with van der Waals surface area (Å²) in [6.45, 7) is 4.85. The van der Waals surface area contributed by atoms with Crippen molar-refractivity contribution in [2.45, 2.75) is 39.1 Å². The molecule has 3 atom stereocenters.